The van der Waals surface area contributed by atoms with Gasteiger partial charge in [0.2, 0.25) is 0 Å². The number of H-pyrrole nitrogens is 1. The standard InChI is InChI=1S/C21H18N4OS/c1-14(16-11-10-15-6-2-3-7-17(15)12-16)24-25-20(26)13-27-21-22-18-8-4-5-9-19(18)23-21/h2-12H,13H2,1H3,(H,22,23)(H,25,26)/b24-14-. The highest BCUT2D eigenvalue weighted by Gasteiger charge is 2.07. The van der Waals surface area contributed by atoms with Crippen LogP contribution in [-0.2, 0) is 4.79 Å². The summed E-state index contributed by atoms with van der Waals surface area (Å²) < 4.78 is 0. The molecule has 0 unspecified atom stereocenters. The third-order valence-corrected chi connectivity index (χ3v) is 5.10. The number of rotatable bonds is 5. The lowest BCUT2D eigenvalue weighted by Crippen LogP contribution is -2.21. The van der Waals surface area contributed by atoms with Crippen molar-refractivity contribution in [1.29, 1.82) is 0 Å². The molecule has 0 saturated carbocycles. The molecule has 0 saturated heterocycles. The second-order valence-electron chi connectivity index (χ2n) is 6.14. The number of fused-ring (bicyclic) bond motifs is 2. The number of para-hydroxylation sites is 2. The summed E-state index contributed by atoms with van der Waals surface area (Å²) in [5.41, 5.74) is 6.23. The fraction of sp³-hybridized carbons (Fsp3) is 0.0952. The van der Waals surface area contributed by atoms with Crippen LogP contribution in [0.5, 0.6) is 0 Å². The first kappa shape index (κ1) is 17.3. The Hall–Kier alpha value is -3.12. The van der Waals surface area contributed by atoms with Gasteiger partial charge in [-0.3, -0.25) is 4.79 Å². The summed E-state index contributed by atoms with van der Waals surface area (Å²) in [5.74, 6) is 0.0783. The minimum Gasteiger partial charge on any atom is -0.333 e. The third kappa shape index (κ3) is 4.01. The molecular formula is C21H18N4OS. The number of carbonyl (C=O) groups excluding carboxylic acids is 1. The van der Waals surface area contributed by atoms with Crippen LogP contribution in [0.4, 0.5) is 0 Å². The normalized spacial score (nSPS) is 11.8. The van der Waals surface area contributed by atoms with E-state index in [1.165, 1.54) is 17.1 Å². The van der Waals surface area contributed by atoms with E-state index < -0.39 is 0 Å². The number of nitrogens with one attached hydrogen (secondary N) is 2. The van der Waals surface area contributed by atoms with E-state index in [1.54, 1.807) is 0 Å². The molecule has 0 aliphatic rings. The summed E-state index contributed by atoms with van der Waals surface area (Å²) in [4.78, 5) is 19.7. The highest BCUT2D eigenvalue weighted by atomic mass is 32.2. The fourth-order valence-electron chi connectivity index (χ4n) is 2.79. The van der Waals surface area contributed by atoms with Crippen LogP contribution in [0.1, 0.15) is 12.5 Å². The van der Waals surface area contributed by atoms with Gasteiger partial charge in [0.1, 0.15) is 0 Å². The summed E-state index contributed by atoms with van der Waals surface area (Å²) in [6.45, 7) is 1.89. The third-order valence-electron chi connectivity index (χ3n) is 4.22. The largest absolute Gasteiger partial charge is 0.333 e. The molecule has 0 aliphatic carbocycles. The molecule has 1 aromatic heterocycles. The number of imidazole rings is 1. The Labute approximate surface area is 160 Å². The van der Waals surface area contributed by atoms with E-state index >= 15 is 0 Å². The molecule has 0 spiro atoms. The van der Waals surface area contributed by atoms with Gasteiger partial charge in [0.15, 0.2) is 5.16 Å². The number of hydrogen-bond donors (Lipinski definition) is 2. The van der Waals surface area contributed by atoms with Crippen molar-refractivity contribution in [3.05, 3.63) is 72.3 Å². The number of amides is 1. The minimum absolute atomic E-state index is 0.166. The van der Waals surface area contributed by atoms with Crippen LogP contribution in [0.15, 0.2) is 77.0 Å². The molecule has 0 fully saturated rings. The van der Waals surface area contributed by atoms with Crippen LogP contribution in [0.2, 0.25) is 0 Å². The maximum absolute atomic E-state index is 12.1. The van der Waals surface area contributed by atoms with Gasteiger partial charge in [-0.15, -0.1) is 0 Å². The van der Waals surface area contributed by atoms with Crippen molar-refractivity contribution in [2.75, 3.05) is 5.75 Å². The Morgan fingerprint density at radius 1 is 1.07 bits per heavy atom. The first-order valence-corrected chi connectivity index (χ1v) is 9.57. The Bertz CT molecular complexity index is 1120. The zero-order valence-electron chi connectivity index (χ0n) is 14.8. The van der Waals surface area contributed by atoms with Gasteiger partial charge in [0, 0.05) is 0 Å². The molecule has 1 heterocycles. The second-order valence-corrected chi connectivity index (χ2v) is 7.11. The van der Waals surface area contributed by atoms with E-state index in [1.807, 2.05) is 49.4 Å². The number of benzene rings is 3. The van der Waals surface area contributed by atoms with Crippen LogP contribution >= 0.6 is 11.8 Å². The van der Waals surface area contributed by atoms with Crippen molar-refractivity contribution in [1.82, 2.24) is 15.4 Å². The number of thioether (sulfide) groups is 1. The summed E-state index contributed by atoms with van der Waals surface area (Å²) >= 11 is 1.36. The number of hydrogen-bond acceptors (Lipinski definition) is 4. The van der Waals surface area contributed by atoms with Crippen molar-refractivity contribution in [3.8, 4) is 0 Å². The number of aromatic amines is 1. The molecule has 2 N–H and O–H groups in total. The average molecular weight is 374 g/mol. The van der Waals surface area contributed by atoms with Gasteiger partial charge in [-0.1, -0.05) is 60.3 Å². The summed E-state index contributed by atoms with van der Waals surface area (Å²) in [7, 11) is 0. The van der Waals surface area contributed by atoms with Crippen LogP contribution < -0.4 is 5.43 Å². The Morgan fingerprint density at radius 3 is 2.70 bits per heavy atom. The van der Waals surface area contributed by atoms with E-state index in [4.69, 9.17) is 0 Å². The molecule has 1 amide bonds. The predicted molar refractivity (Wildman–Crippen MR) is 111 cm³/mol. The summed E-state index contributed by atoms with van der Waals surface area (Å²) in [6, 6.07) is 22.1. The van der Waals surface area contributed by atoms with E-state index in [0.717, 1.165) is 32.9 Å². The van der Waals surface area contributed by atoms with Crippen molar-refractivity contribution in [3.63, 3.8) is 0 Å². The van der Waals surface area contributed by atoms with Crippen molar-refractivity contribution < 1.29 is 4.79 Å². The minimum atomic E-state index is -0.166. The quantitative estimate of drug-likeness (QED) is 0.310. The smallest absolute Gasteiger partial charge is 0.250 e. The van der Waals surface area contributed by atoms with E-state index in [9.17, 15) is 4.79 Å². The Balaban J connectivity index is 1.38. The number of nitrogens with zero attached hydrogens (tertiary/aromatic N) is 2. The van der Waals surface area contributed by atoms with Crippen molar-refractivity contribution >= 4 is 45.2 Å². The van der Waals surface area contributed by atoms with Gasteiger partial charge in [-0.2, -0.15) is 5.10 Å². The SMILES string of the molecule is C/C(=N/NC(=O)CSc1nc2ccccc2[nH]1)c1ccc2ccccc2c1. The van der Waals surface area contributed by atoms with E-state index in [-0.39, 0.29) is 11.7 Å². The zero-order chi connectivity index (χ0) is 18.6. The Morgan fingerprint density at radius 2 is 1.85 bits per heavy atom. The maximum Gasteiger partial charge on any atom is 0.250 e. The van der Waals surface area contributed by atoms with Gasteiger partial charge in [0.25, 0.3) is 5.91 Å². The van der Waals surface area contributed by atoms with Gasteiger partial charge in [-0.05, 0) is 41.5 Å². The molecule has 4 aromatic rings. The molecule has 0 atom stereocenters. The fourth-order valence-corrected chi connectivity index (χ4v) is 3.47. The molecular weight excluding hydrogens is 356 g/mol. The van der Waals surface area contributed by atoms with Crippen LogP contribution in [0.3, 0.4) is 0 Å². The lowest BCUT2D eigenvalue weighted by atomic mass is 10.0. The molecule has 0 bridgehead atoms. The zero-order valence-corrected chi connectivity index (χ0v) is 15.6. The lowest BCUT2D eigenvalue weighted by molar-refractivity contribution is -0.118. The Kier molecular flexibility index (Phi) is 4.89. The first-order valence-electron chi connectivity index (χ1n) is 8.59. The second kappa shape index (κ2) is 7.63. The number of hydrazone groups is 1. The lowest BCUT2D eigenvalue weighted by Gasteiger charge is -2.04. The van der Waals surface area contributed by atoms with Crippen LogP contribution in [0, 0.1) is 0 Å². The van der Waals surface area contributed by atoms with Gasteiger partial charge in [-0.25, -0.2) is 10.4 Å². The molecule has 0 radical (unpaired) electrons. The molecule has 134 valence electrons. The highest BCUT2D eigenvalue weighted by Crippen LogP contribution is 2.19. The van der Waals surface area contributed by atoms with Gasteiger partial charge < -0.3 is 4.98 Å². The molecule has 6 heteroatoms. The van der Waals surface area contributed by atoms with Crippen LogP contribution in [0.25, 0.3) is 21.8 Å². The average Bonchev–Trinajstić information content (AvgIpc) is 3.13. The van der Waals surface area contributed by atoms with E-state index in [0.29, 0.717) is 0 Å². The van der Waals surface area contributed by atoms with Gasteiger partial charge in [0.05, 0.1) is 22.5 Å². The molecule has 0 aliphatic heterocycles. The first-order chi connectivity index (χ1) is 13.2. The van der Waals surface area contributed by atoms with Gasteiger partial charge >= 0.3 is 0 Å². The highest BCUT2D eigenvalue weighted by molar-refractivity contribution is 7.99. The monoisotopic (exact) mass is 374 g/mol. The molecule has 3 aromatic carbocycles. The molecule has 5 nitrogen and oxygen atoms in total. The summed E-state index contributed by atoms with van der Waals surface area (Å²) in [6.07, 6.45) is 0. The molecule has 27 heavy (non-hydrogen) atoms. The van der Waals surface area contributed by atoms with Crippen molar-refractivity contribution in [2.24, 2.45) is 5.10 Å². The summed E-state index contributed by atoms with van der Waals surface area (Å²) in [5, 5.41) is 7.28. The number of carbonyl (C=O) groups is 1. The van der Waals surface area contributed by atoms with E-state index in [2.05, 4.69) is 44.8 Å². The molecule has 4 rings (SSSR count). The van der Waals surface area contributed by atoms with Crippen LogP contribution in [-0.4, -0.2) is 27.3 Å². The van der Waals surface area contributed by atoms with Crippen molar-refractivity contribution in [2.45, 2.75) is 12.1 Å². The maximum atomic E-state index is 12.1. The topological polar surface area (TPSA) is 70.1 Å². The number of aromatic nitrogens is 2. The predicted octanol–water partition coefficient (Wildman–Crippen LogP) is 4.35.